The van der Waals surface area contributed by atoms with Crippen LogP contribution in [0.1, 0.15) is 11.3 Å². The van der Waals surface area contributed by atoms with E-state index in [0.29, 0.717) is 11.3 Å². The van der Waals surface area contributed by atoms with Crippen LogP contribution in [0.25, 0.3) is 0 Å². The van der Waals surface area contributed by atoms with Crippen molar-refractivity contribution in [3.8, 4) is 5.75 Å². The van der Waals surface area contributed by atoms with Crippen LogP contribution in [0.15, 0.2) is 34.0 Å². The third-order valence-electron chi connectivity index (χ3n) is 2.97. The smallest absolute Gasteiger partial charge is 0.243 e. The molecule has 114 valence electrons. The van der Waals surface area contributed by atoms with Gasteiger partial charge < -0.3 is 4.74 Å². The van der Waals surface area contributed by atoms with Crippen LogP contribution in [0.3, 0.4) is 0 Å². The number of ether oxygens (including phenoxy) is 1. The molecule has 1 heterocycles. The minimum atomic E-state index is -3.59. The lowest BCUT2D eigenvalue weighted by Gasteiger charge is -2.17. The molecule has 0 aliphatic carbocycles. The number of thiazole rings is 1. The fourth-order valence-electron chi connectivity index (χ4n) is 1.83. The summed E-state index contributed by atoms with van der Waals surface area (Å²) in [6, 6.07) is 4.67. The highest BCUT2D eigenvalue weighted by atomic mass is 35.5. The van der Waals surface area contributed by atoms with E-state index in [-0.39, 0.29) is 17.3 Å². The van der Waals surface area contributed by atoms with Crippen LogP contribution in [-0.2, 0) is 22.4 Å². The van der Waals surface area contributed by atoms with E-state index in [4.69, 9.17) is 16.3 Å². The molecule has 0 aliphatic heterocycles. The lowest BCUT2D eigenvalue weighted by atomic mass is 10.2. The minimum absolute atomic E-state index is 0.183. The van der Waals surface area contributed by atoms with E-state index >= 15 is 0 Å². The van der Waals surface area contributed by atoms with Crippen molar-refractivity contribution in [3.05, 3.63) is 40.3 Å². The lowest BCUT2D eigenvalue weighted by molar-refractivity contribution is 0.410. The second-order valence-electron chi connectivity index (χ2n) is 4.35. The molecule has 0 unspecified atom stereocenters. The molecule has 2 aromatic rings. The predicted octanol–water partition coefficient (Wildman–Crippen LogP) is 2.71. The van der Waals surface area contributed by atoms with Gasteiger partial charge in [-0.3, -0.25) is 0 Å². The number of hydrogen-bond acceptors (Lipinski definition) is 5. The molecule has 0 N–H and O–H groups in total. The normalized spacial score (nSPS) is 11.8. The van der Waals surface area contributed by atoms with Gasteiger partial charge in [-0.25, -0.2) is 13.4 Å². The highest BCUT2D eigenvalue weighted by Crippen LogP contribution is 2.26. The molecule has 0 aliphatic rings. The van der Waals surface area contributed by atoms with Gasteiger partial charge in [0.15, 0.2) is 0 Å². The van der Waals surface area contributed by atoms with Gasteiger partial charge in [-0.2, -0.15) is 4.31 Å². The SMILES string of the molecule is COc1ccc(S(=O)(=O)N(C)Cc2cscn2)cc1CCl. The maximum atomic E-state index is 12.5. The second-order valence-corrected chi connectivity index (χ2v) is 7.38. The third-order valence-corrected chi connectivity index (χ3v) is 5.69. The summed E-state index contributed by atoms with van der Waals surface area (Å²) in [6.45, 7) is 0.230. The van der Waals surface area contributed by atoms with Gasteiger partial charge in [0.25, 0.3) is 0 Å². The molecule has 21 heavy (non-hydrogen) atoms. The fraction of sp³-hybridized carbons (Fsp3) is 0.308. The Morgan fingerprint density at radius 1 is 1.43 bits per heavy atom. The van der Waals surface area contributed by atoms with Crippen LogP contribution in [0, 0.1) is 0 Å². The first-order chi connectivity index (χ1) is 9.98. The Labute approximate surface area is 133 Å². The van der Waals surface area contributed by atoms with Crippen LogP contribution < -0.4 is 4.74 Å². The number of rotatable bonds is 6. The van der Waals surface area contributed by atoms with Gasteiger partial charge in [0.2, 0.25) is 10.0 Å². The van der Waals surface area contributed by atoms with E-state index in [0.717, 1.165) is 5.69 Å². The largest absolute Gasteiger partial charge is 0.496 e. The van der Waals surface area contributed by atoms with Crippen LogP contribution in [0.4, 0.5) is 0 Å². The predicted molar refractivity (Wildman–Crippen MR) is 83.3 cm³/mol. The number of nitrogens with zero attached hydrogens (tertiary/aromatic N) is 2. The topological polar surface area (TPSA) is 59.5 Å². The molecule has 2 rings (SSSR count). The molecule has 0 atom stereocenters. The van der Waals surface area contributed by atoms with Crippen LogP contribution >= 0.6 is 22.9 Å². The summed E-state index contributed by atoms with van der Waals surface area (Å²) in [5.41, 5.74) is 3.04. The van der Waals surface area contributed by atoms with E-state index in [1.54, 1.807) is 17.6 Å². The maximum absolute atomic E-state index is 12.5. The molecular formula is C13H15ClN2O3S2. The molecule has 0 saturated carbocycles. The van der Waals surface area contributed by atoms with Crippen molar-refractivity contribution in [3.63, 3.8) is 0 Å². The number of alkyl halides is 1. The summed E-state index contributed by atoms with van der Waals surface area (Å²) < 4.78 is 31.5. The van der Waals surface area contributed by atoms with E-state index < -0.39 is 10.0 Å². The molecule has 0 radical (unpaired) electrons. The summed E-state index contributed by atoms with van der Waals surface area (Å²) in [4.78, 5) is 4.29. The van der Waals surface area contributed by atoms with Crippen LogP contribution in [-0.4, -0.2) is 31.9 Å². The van der Waals surface area contributed by atoms with Crippen molar-refractivity contribution in [1.29, 1.82) is 0 Å². The number of hydrogen-bond donors (Lipinski definition) is 0. The zero-order valence-electron chi connectivity index (χ0n) is 11.6. The van der Waals surface area contributed by atoms with Gasteiger partial charge in [-0.1, -0.05) is 0 Å². The van der Waals surface area contributed by atoms with Gasteiger partial charge in [0.05, 0.1) is 35.6 Å². The standard InChI is InChI=1S/C13H15ClN2O3S2/c1-16(7-11-8-20-9-15-11)21(17,18)12-3-4-13(19-2)10(5-12)6-14/h3-5,8-9H,6-7H2,1-2H3. The lowest BCUT2D eigenvalue weighted by Crippen LogP contribution is -2.26. The Balaban J connectivity index is 2.30. The molecular weight excluding hydrogens is 332 g/mol. The van der Waals surface area contributed by atoms with E-state index in [2.05, 4.69) is 4.98 Å². The number of aromatic nitrogens is 1. The van der Waals surface area contributed by atoms with Crippen molar-refractivity contribution in [2.75, 3.05) is 14.2 Å². The van der Waals surface area contributed by atoms with Crippen molar-refractivity contribution in [2.45, 2.75) is 17.3 Å². The first-order valence-corrected chi connectivity index (χ1v) is 8.97. The van der Waals surface area contributed by atoms with Gasteiger partial charge >= 0.3 is 0 Å². The zero-order chi connectivity index (χ0) is 15.5. The molecule has 0 spiro atoms. The van der Waals surface area contributed by atoms with Crippen LogP contribution in [0.5, 0.6) is 5.75 Å². The highest BCUT2D eigenvalue weighted by Gasteiger charge is 2.22. The van der Waals surface area contributed by atoms with Crippen molar-refractivity contribution < 1.29 is 13.2 Å². The zero-order valence-corrected chi connectivity index (χ0v) is 14.0. The van der Waals surface area contributed by atoms with Crippen LogP contribution in [0.2, 0.25) is 0 Å². The highest BCUT2D eigenvalue weighted by molar-refractivity contribution is 7.89. The van der Waals surface area contributed by atoms with Crippen molar-refractivity contribution in [1.82, 2.24) is 9.29 Å². The number of sulfonamides is 1. The molecule has 0 fully saturated rings. The summed E-state index contributed by atoms with van der Waals surface area (Å²) in [7, 11) is -0.540. The number of benzene rings is 1. The summed E-state index contributed by atoms with van der Waals surface area (Å²) in [6.07, 6.45) is 0. The minimum Gasteiger partial charge on any atom is -0.496 e. The number of halogens is 1. The Morgan fingerprint density at radius 3 is 2.76 bits per heavy atom. The maximum Gasteiger partial charge on any atom is 0.243 e. The fourth-order valence-corrected chi connectivity index (χ4v) is 3.78. The molecule has 0 bridgehead atoms. The summed E-state index contributed by atoms with van der Waals surface area (Å²) in [5.74, 6) is 0.758. The second kappa shape index (κ2) is 6.74. The molecule has 0 saturated heterocycles. The van der Waals surface area contributed by atoms with E-state index in [1.165, 1.54) is 35.9 Å². The molecule has 1 aromatic heterocycles. The van der Waals surface area contributed by atoms with Gasteiger partial charge in [-0.05, 0) is 18.2 Å². The monoisotopic (exact) mass is 346 g/mol. The molecule has 5 nitrogen and oxygen atoms in total. The quantitative estimate of drug-likeness (QED) is 0.754. The van der Waals surface area contributed by atoms with E-state index in [1.807, 2.05) is 5.38 Å². The van der Waals surface area contributed by atoms with Gasteiger partial charge in [0, 0.05) is 18.0 Å². The van der Waals surface area contributed by atoms with Gasteiger partial charge in [0.1, 0.15) is 5.75 Å². The Kier molecular flexibility index (Phi) is 5.21. The Hall–Kier alpha value is -1.15. The molecule has 8 heteroatoms. The van der Waals surface area contributed by atoms with Gasteiger partial charge in [-0.15, -0.1) is 22.9 Å². The first-order valence-electron chi connectivity index (χ1n) is 6.05. The average Bonchev–Trinajstić information content (AvgIpc) is 2.99. The number of methoxy groups -OCH3 is 1. The Morgan fingerprint density at radius 2 is 2.19 bits per heavy atom. The first kappa shape index (κ1) is 16.2. The summed E-state index contributed by atoms with van der Waals surface area (Å²) >= 11 is 7.26. The average molecular weight is 347 g/mol. The van der Waals surface area contributed by atoms with E-state index in [9.17, 15) is 8.42 Å². The Bertz CT molecular complexity index is 702. The third kappa shape index (κ3) is 3.55. The molecule has 1 aromatic carbocycles. The van der Waals surface area contributed by atoms with Crippen molar-refractivity contribution in [2.24, 2.45) is 0 Å². The molecule has 0 amide bonds. The summed E-state index contributed by atoms with van der Waals surface area (Å²) in [5, 5.41) is 1.82. The van der Waals surface area contributed by atoms with Crippen molar-refractivity contribution >= 4 is 33.0 Å².